The third-order valence-electron chi connectivity index (χ3n) is 3.41. The molecule has 0 atom stereocenters. The molecule has 0 radical (unpaired) electrons. The Morgan fingerprint density at radius 3 is 2.47 bits per heavy atom. The van der Waals surface area contributed by atoms with Gasteiger partial charge in [0.25, 0.3) is 0 Å². The predicted octanol–water partition coefficient (Wildman–Crippen LogP) is 4.87. The summed E-state index contributed by atoms with van der Waals surface area (Å²) in [6.07, 6.45) is 8.06. The topological polar surface area (TPSA) is 32.6 Å². The van der Waals surface area contributed by atoms with Crippen molar-refractivity contribution in [1.82, 2.24) is 0 Å². The van der Waals surface area contributed by atoms with E-state index in [1.807, 2.05) is 12.1 Å². The van der Waals surface area contributed by atoms with E-state index >= 15 is 0 Å². The van der Waals surface area contributed by atoms with E-state index in [2.05, 4.69) is 11.1 Å². The third kappa shape index (κ3) is 5.57. The van der Waals surface area contributed by atoms with Crippen LogP contribution in [0.3, 0.4) is 0 Å². The molecule has 0 spiro atoms. The fourth-order valence-corrected chi connectivity index (χ4v) is 2.57. The molecule has 0 unspecified atom stereocenters. The van der Waals surface area contributed by atoms with Crippen LogP contribution in [-0.4, -0.2) is 18.4 Å². The van der Waals surface area contributed by atoms with E-state index in [-0.39, 0.29) is 0 Å². The number of rotatable bonds is 2. The van der Waals surface area contributed by atoms with E-state index in [4.69, 9.17) is 17.0 Å². The van der Waals surface area contributed by atoms with Gasteiger partial charge in [0.05, 0.1) is 0 Å². The molecule has 19 heavy (non-hydrogen) atoms. The summed E-state index contributed by atoms with van der Waals surface area (Å²) in [5, 5.41) is 10.2. The number of phenols is 1. The van der Waals surface area contributed by atoms with Crippen LogP contribution in [0.2, 0.25) is 0 Å². The molecule has 104 valence electrons. The number of aliphatic imine (C=N–C) groups is 1. The van der Waals surface area contributed by atoms with Crippen LogP contribution in [0.1, 0.15) is 49.1 Å². The molecule has 1 aromatic rings. The molecule has 1 aromatic carbocycles. The Hall–Kier alpha value is 0.153. The molecular formula is C14H19Cl2NOZr. The summed E-state index contributed by atoms with van der Waals surface area (Å²) >= 11 is -0.826. The van der Waals surface area contributed by atoms with Crippen molar-refractivity contribution in [2.24, 2.45) is 4.99 Å². The van der Waals surface area contributed by atoms with Crippen molar-refractivity contribution in [3.8, 4) is 5.75 Å². The summed E-state index contributed by atoms with van der Waals surface area (Å²) in [6, 6.07) is 5.98. The Balaban J connectivity index is 0.000000550. The van der Waals surface area contributed by atoms with Crippen LogP contribution in [0.5, 0.6) is 5.75 Å². The number of aromatic hydroxyl groups is 1. The first-order valence-electron chi connectivity index (χ1n) is 6.44. The summed E-state index contributed by atoms with van der Waals surface area (Å²) in [4.78, 5) is 3.97. The van der Waals surface area contributed by atoms with Crippen LogP contribution in [-0.2, 0) is 20.8 Å². The van der Waals surface area contributed by atoms with Gasteiger partial charge in [-0.05, 0) is 30.4 Å². The Bertz CT molecular complexity index is 406. The Morgan fingerprint density at radius 1 is 1.26 bits per heavy atom. The second-order valence-corrected chi connectivity index (χ2v) is 8.31. The summed E-state index contributed by atoms with van der Waals surface area (Å²) in [7, 11) is 11.6. The van der Waals surface area contributed by atoms with Gasteiger partial charge in [0.2, 0.25) is 0 Å². The van der Waals surface area contributed by atoms with E-state index < -0.39 is 20.8 Å². The van der Waals surface area contributed by atoms with Crippen LogP contribution in [0.4, 0.5) is 0 Å². The van der Waals surface area contributed by atoms with Gasteiger partial charge in [-0.2, -0.15) is 0 Å². The minimum absolute atomic E-state index is 0.431. The van der Waals surface area contributed by atoms with Crippen molar-refractivity contribution in [2.75, 3.05) is 7.05 Å². The van der Waals surface area contributed by atoms with Crippen molar-refractivity contribution >= 4 is 23.2 Å². The standard InChI is InChI=1S/C14H19NO.2ClH.Zr/c1-15-10-12-8-5-9-13(14(12)16)11-6-3-2-4-7-11;;;/h5,8-11,16H,2-4,6-7H2,1H3;2*1H;/q;;;+2/p-2. The maximum atomic E-state index is 10.2. The number of hydrogen-bond acceptors (Lipinski definition) is 2. The van der Waals surface area contributed by atoms with Crippen LogP contribution < -0.4 is 0 Å². The number of hydrogen-bond donors (Lipinski definition) is 1. The zero-order chi connectivity index (χ0) is 14.1. The molecule has 5 heteroatoms. The van der Waals surface area contributed by atoms with Crippen molar-refractivity contribution in [1.29, 1.82) is 0 Å². The van der Waals surface area contributed by atoms with E-state index in [1.54, 1.807) is 13.3 Å². The quantitative estimate of drug-likeness (QED) is 0.731. The molecular weight excluding hydrogens is 360 g/mol. The summed E-state index contributed by atoms with van der Waals surface area (Å²) < 4.78 is 0. The van der Waals surface area contributed by atoms with Gasteiger partial charge in [-0.25, -0.2) is 0 Å². The maximum absolute atomic E-state index is 10.2. The fourth-order valence-electron chi connectivity index (χ4n) is 2.57. The van der Waals surface area contributed by atoms with Gasteiger partial charge >= 0.3 is 37.9 Å². The Labute approximate surface area is 133 Å². The second kappa shape index (κ2) is 9.96. The van der Waals surface area contributed by atoms with E-state index in [1.165, 1.54) is 32.1 Å². The summed E-state index contributed by atoms with van der Waals surface area (Å²) in [5.41, 5.74) is 1.95. The minimum atomic E-state index is -0.826. The van der Waals surface area contributed by atoms with Gasteiger partial charge in [-0.15, -0.1) is 0 Å². The molecule has 2 nitrogen and oxygen atoms in total. The van der Waals surface area contributed by atoms with Crippen molar-refractivity contribution in [3.05, 3.63) is 29.3 Å². The first-order valence-corrected chi connectivity index (χ1v) is 12.8. The van der Waals surface area contributed by atoms with E-state index in [9.17, 15) is 5.11 Å². The van der Waals surface area contributed by atoms with Crippen LogP contribution in [0.25, 0.3) is 0 Å². The molecule has 1 fully saturated rings. The molecule has 0 heterocycles. The first kappa shape index (κ1) is 17.2. The SMILES string of the molecule is CN=Cc1cccc(C2CCCCC2)c1O.[Cl][Zr][Cl]. The molecule has 0 saturated heterocycles. The molecule has 2 rings (SSSR count). The van der Waals surface area contributed by atoms with E-state index in [0.717, 1.165) is 11.1 Å². The van der Waals surface area contributed by atoms with Crippen molar-refractivity contribution in [3.63, 3.8) is 0 Å². The predicted molar refractivity (Wildman–Crippen MR) is 79.2 cm³/mol. The van der Waals surface area contributed by atoms with Gasteiger partial charge in [-0.1, -0.05) is 31.4 Å². The zero-order valence-electron chi connectivity index (χ0n) is 11.1. The van der Waals surface area contributed by atoms with Gasteiger partial charge < -0.3 is 5.11 Å². The number of nitrogens with zero attached hydrogens (tertiary/aromatic N) is 1. The molecule has 1 aliphatic rings. The second-order valence-electron chi connectivity index (χ2n) is 4.58. The van der Waals surface area contributed by atoms with Crippen LogP contribution >= 0.6 is 17.0 Å². The van der Waals surface area contributed by atoms with Crippen molar-refractivity contribution < 1.29 is 26.0 Å². The molecule has 0 aliphatic heterocycles. The molecule has 0 aromatic heterocycles. The number of phenolic OH excluding ortho intramolecular Hbond substituents is 1. The van der Waals surface area contributed by atoms with Gasteiger partial charge in [-0.3, -0.25) is 4.99 Å². The van der Waals surface area contributed by atoms with Crippen LogP contribution in [0, 0.1) is 0 Å². The first-order chi connectivity index (χ1) is 9.24. The number of halogens is 2. The average Bonchev–Trinajstić information content (AvgIpc) is 2.43. The number of para-hydroxylation sites is 1. The normalized spacial score (nSPS) is 15.9. The van der Waals surface area contributed by atoms with Crippen LogP contribution in [0.15, 0.2) is 23.2 Å². The van der Waals surface area contributed by atoms with Gasteiger partial charge in [0.15, 0.2) is 0 Å². The van der Waals surface area contributed by atoms with Gasteiger partial charge in [0.1, 0.15) is 5.75 Å². The monoisotopic (exact) mass is 377 g/mol. The van der Waals surface area contributed by atoms with Gasteiger partial charge in [0, 0.05) is 18.8 Å². The van der Waals surface area contributed by atoms with E-state index in [0.29, 0.717) is 11.7 Å². The summed E-state index contributed by atoms with van der Waals surface area (Å²) in [5.74, 6) is 0.971. The van der Waals surface area contributed by atoms with Crippen molar-refractivity contribution in [2.45, 2.75) is 38.0 Å². The molecule has 1 N–H and O–H groups in total. The zero-order valence-corrected chi connectivity index (χ0v) is 15.0. The molecule has 0 bridgehead atoms. The summed E-state index contributed by atoms with van der Waals surface area (Å²) in [6.45, 7) is 0. The molecule has 1 saturated carbocycles. The Morgan fingerprint density at radius 2 is 1.89 bits per heavy atom. The number of benzene rings is 1. The average molecular weight is 379 g/mol. The fraction of sp³-hybridized carbons (Fsp3) is 0.500. The molecule has 1 aliphatic carbocycles. The molecule has 0 amide bonds. The third-order valence-corrected chi connectivity index (χ3v) is 3.41. The Kier molecular flexibility index (Phi) is 9.02.